The van der Waals surface area contributed by atoms with Crippen LogP contribution in [0.5, 0.6) is 0 Å². The minimum Gasteiger partial charge on any atom is -0.232 e. The summed E-state index contributed by atoms with van der Waals surface area (Å²) >= 11 is 0. The summed E-state index contributed by atoms with van der Waals surface area (Å²) in [5.41, 5.74) is -578. The Balaban J connectivity index is 1.09. The van der Waals surface area contributed by atoms with E-state index in [2.05, 4.69) is 0 Å². The molecule has 32 aliphatic rings. The molecular weight excluding hydrogens is 1630 g/mol. The van der Waals surface area contributed by atoms with Crippen molar-refractivity contribution in [2.75, 3.05) is 0 Å². The molecule has 36 atom stereocenters. The second kappa shape index (κ2) is 10.2. The topological polar surface area (TPSA) is 0 Å². The van der Waals surface area contributed by atoms with Crippen molar-refractivity contribution in [1.29, 1.82) is 0 Å². The van der Waals surface area contributed by atoms with E-state index in [1.165, 1.54) is 0 Å². The van der Waals surface area contributed by atoms with Gasteiger partial charge in [0, 0.05) is 66.9 Å². The minimum atomic E-state index is -10.6. The molecular formula is C60F48. The second-order valence-electron chi connectivity index (χ2n) is 36.1. The van der Waals surface area contributed by atoms with Gasteiger partial charge in [0.2, 0.25) is 272 Å². The van der Waals surface area contributed by atoms with Gasteiger partial charge in [-0.2, -0.15) is 0 Å². The summed E-state index contributed by atoms with van der Waals surface area (Å²) in [6.07, 6.45) is 0. The van der Waals surface area contributed by atoms with Crippen LogP contribution >= 0.6 is 0 Å². The lowest BCUT2D eigenvalue weighted by molar-refractivity contribution is -0.448. The molecule has 32 aliphatic carbocycles. The molecule has 0 aromatic rings. The van der Waals surface area contributed by atoms with E-state index in [4.69, 9.17) is 0 Å². The van der Waals surface area contributed by atoms with Gasteiger partial charge in [0.15, 0.2) is 0 Å². The predicted molar refractivity (Wildman–Crippen MR) is 226 cm³/mol. The Hall–Kier alpha value is -4.92. The first kappa shape index (κ1) is 60.6. The molecule has 48 heteroatoms. The summed E-state index contributed by atoms with van der Waals surface area (Å²) in [5, 5.41) is 0. The fourth-order valence-corrected chi connectivity index (χ4v) is 38.0. The van der Waals surface area contributed by atoms with Gasteiger partial charge in [-0.3, -0.25) is 0 Å². The van der Waals surface area contributed by atoms with Crippen molar-refractivity contribution >= 4 is 0 Å². The smallest absolute Gasteiger partial charge is 0.232 e. The predicted octanol–water partition coefficient (Wildman–Crippen LogP) is 12.2. The zero-order valence-electron chi connectivity index (χ0n) is 48.1. The van der Waals surface area contributed by atoms with Crippen LogP contribution in [0.3, 0.4) is 0 Å². The molecule has 0 amide bonds. The highest BCUT2D eigenvalue weighted by molar-refractivity contribution is 6.07. The van der Waals surface area contributed by atoms with Crippen molar-refractivity contribution in [3.05, 3.63) is 66.9 Å². The van der Waals surface area contributed by atoms with E-state index in [9.17, 15) is 0 Å². The molecule has 576 valence electrons. The average molecular weight is 1630 g/mol. The molecule has 20 saturated carbocycles. The zero-order chi connectivity index (χ0) is 78.9. The number of rotatable bonds is 0. The fourth-order valence-electron chi connectivity index (χ4n) is 38.0. The van der Waals surface area contributed by atoms with Gasteiger partial charge in [-0.05, 0) is 0 Å². The summed E-state index contributed by atoms with van der Waals surface area (Å²) in [6.45, 7) is 0. The first-order valence-corrected chi connectivity index (χ1v) is 31.6. The third kappa shape index (κ3) is 2.05. The van der Waals surface area contributed by atoms with E-state index < -0.39 is 339 Å². The van der Waals surface area contributed by atoms with Crippen LogP contribution in [-0.2, 0) is 0 Å². The number of allylic oxidation sites excluding steroid dienone is 12. The third-order valence-electron chi connectivity index (χ3n) is 38.2. The van der Waals surface area contributed by atoms with Gasteiger partial charge in [0.1, 0.15) is 0 Å². The van der Waals surface area contributed by atoms with Crippen LogP contribution in [0.15, 0.2) is 66.9 Å². The van der Waals surface area contributed by atoms with E-state index in [-0.39, 0.29) is 0 Å². The van der Waals surface area contributed by atoms with Crippen molar-refractivity contribution in [2.24, 2.45) is 0 Å². The lowest BCUT2D eigenvalue weighted by Gasteiger charge is -2.77. The van der Waals surface area contributed by atoms with E-state index in [1.807, 2.05) is 0 Å². The number of hydrogen-bond acceptors (Lipinski definition) is 0. The highest BCUT2D eigenvalue weighted by Gasteiger charge is 3.46. The molecule has 0 spiro atoms. The van der Waals surface area contributed by atoms with Crippen LogP contribution in [0, 0.1) is 0 Å². The van der Waals surface area contributed by atoms with Crippen molar-refractivity contribution in [1.82, 2.24) is 0 Å². The standard InChI is InChI=1S/C60F48/c61-13-1-7-19(67)37(13,85)14(62)3-10-22(70)39(14,87)15(63)2-8-20(68,38(13,15)86)43(91)25(1,73)49(97)32(80)9-4-16(64)40(88)17(65)5-11-23(71)42(17,90)18(66)6-12-24(72,41(16,18)89)47(95)29(4,77)51(99,56(32,43)104)33(8,81)58(47,106)53(101)28(2,76)46(22,94)60(108,36(12,53)84)54(102)30(6,78)48(23,96)59(107,35(10,54)83)52(100)26(3,74)44(19,92)57(105,34(11,52)82)50(98)27(5,75)45(93,21(9,40)69)55(49,103)31(7,50)79. The van der Waals surface area contributed by atoms with Gasteiger partial charge in [0.05, 0.1) is 0 Å². The lowest BCUT2D eigenvalue weighted by Crippen LogP contribution is -3.07. The molecule has 0 nitrogen and oxygen atoms in total. The van der Waals surface area contributed by atoms with E-state index in [1.54, 1.807) is 0 Å². The maximum Gasteiger partial charge on any atom is 0.234 e. The third-order valence-corrected chi connectivity index (χ3v) is 38.2. The van der Waals surface area contributed by atoms with Gasteiger partial charge in [0.25, 0.3) is 0 Å². The molecule has 32 rings (SSSR count). The number of alkyl halides is 48. The molecule has 20 fully saturated rings. The molecule has 0 aliphatic heterocycles. The molecule has 0 N–H and O–H groups in total. The normalized spacial score (nSPS) is 90.7. The molecule has 0 radical (unpaired) electrons. The Morgan fingerprint density at radius 1 is 0.0648 bits per heavy atom. The quantitative estimate of drug-likeness (QED) is 0.168. The molecule has 0 bridgehead atoms. The lowest BCUT2D eigenvalue weighted by atomic mass is 9.29. The molecule has 0 heterocycles. The molecule has 36 unspecified atom stereocenters. The molecule has 0 saturated heterocycles. The SMILES string of the molecule is FC12C3=C4C5(F)C1(F)C1(F)C6=C7C8(F)C1(F)C1(F)C9=C%10C(F)(C21F)C1(F)C3(F)C2(F)C3(F)C%11=C%12C%13(F)C%14(F)C%15(F)C%16=C%17C%18(F)C%15(F)C%15(F)C%19=C%20C(F)(C%13%15F)C%13(F)C%12(F)C(F)(C%10(F)C%13(F)C%10(F)C9(F)C8(F)C(F)(C%20%10F)C8(F)C%19(F)C%18(F)C(F)(C78F)C7(F)C6(F)C5(F)C(F)(C%177F)C5(F)C%16(F)C(F)(C%11%14F)C2(F)C45F)C31F. The highest BCUT2D eigenvalue weighted by Crippen LogP contribution is 3.20. The zero-order valence-corrected chi connectivity index (χ0v) is 48.1. The van der Waals surface area contributed by atoms with Crippen LogP contribution in [0.2, 0.25) is 0 Å². The van der Waals surface area contributed by atoms with Crippen LogP contribution in [-0.4, -0.2) is 272 Å². The number of halogens is 48. The van der Waals surface area contributed by atoms with Gasteiger partial charge < -0.3 is 0 Å². The largest absolute Gasteiger partial charge is 0.234 e. The Labute approximate surface area is 549 Å². The van der Waals surface area contributed by atoms with Crippen molar-refractivity contribution in [2.45, 2.75) is 272 Å². The highest BCUT2D eigenvalue weighted by atomic mass is 19.3. The first-order chi connectivity index (χ1) is 47.9. The molecule has 0 aromatic carbocycles. The number of hydrogen-bond donors (Lipinski definition) is 0. The van der Waals surface area contributed by atoms with E-state index >= 15 is 211 Å². The minimum absolute atomic E-state index is 6.73. The van der Waals surface area contributed by atoms with Gasteiger partial charge >= 0.3 is 0 Å². The van der Waals surface area contributed by atoms with E-state index in [0.717, 1.165) is 0 Å². The fraction of sp³-hybridized carbons (Fsp3) is 0.800. The van der Waals surface area contributed by atoms with Crippen molar-refractivity contribution in [3.8, 4) is 0 Å². The Bertz CT molecular complexity index is 5090. The Kier molecular flexibility index (Phi) is 5.75. The molecule has 0 aromatic heterocycles. The van der Waals surface area contributed by atoms with Crippen LogP contribution in [0.25, 0.3) is 0 Å². The van der Waals surface area contributed by atoms with Crippen molar-refractivity contribution < 1.29 is 211 Å². The average Bonchev–Trinajstić information content (AvgIpc) is 1.30. The van der Waals surface area contributed by atoms with Crippen LogP contribution < -0.4 is 0 Å². The van der Waals surface area contributed by atoms with Crippen molar-refractivity contribution in [3.63, 3.8) is 0 Å². The van der Waals surface area contributed by atoms with Crippen LogP contribution in [0.1, 0.15) is 0 Å². The summed E-state index contributed by atoms with van der Waals surface area (Å²) in [7, 11) is 0. The summed E-state index contributed by atoms with van der Waals surface area (Å²) in [6, 6.07) is 0. The maximum absolute atomic E-state index is 21.7. The maximum atomic E-state index is 21.7. The Morgan fingerprint density at radius 3 is 0.185 bits per heavy atom. The second-order valence-corrected chi connectivity index (χ2v) is 36.1. The van der Waals surface area contributed by atoms with E-state index in [0.29, 0.717) is 0 Å². The van der Waals surface area contributed by atoms with Crippen LogP contribution in [0.4, 0.5) is 211 Å². The summed E-state index contributed by atoms with van der Waals surface area (Å²) in [5.74, 6) is 0. The summed E-state index contributed by atoms with van der Waals surface area (Å²) in [4.78, 5) is 0. The van der Waals surface area contributed by atoms with Gasteiger partial charge in [-0.1, -0.05) is 0 Å². The molecule has 108 heavy (non-hydrogen) atoms. The van der Waals surface area contributed by atoms with Gasteiger partial charge in [-0.15, -0.1) is 0 Å². The monoisotopic (exact) mass is 1630 g/mol. The summed E-state index contributed by atoms with van der Waals surface area (Å²) < 4.78 is 1040. The van der Waals surface area contributed by atoms with Gasteiger partial charge in [-0.25, -0.2) is 211 Å². The first-order valence-electron chi connectivity index (χ1n) is 31.6. The Morgan fingerprint density at radius 2 is 0.111 bits per heavy atom.